The molecule has 0 saturated carbocycles. The van der Waals surface area contributed by atoms with E-state index in [-0.39, 0.29) is 6.54 Å². The molecule has 2 rings (SSSR count). The number of carbonyl (C=O) groups excluding carboxylic acids is 2. The lowest BCUT2D eigenvalue weighted by atomic mass is 9.98. The molecule has 34 heavy (non-hydrogen) atoms. The summed E-state index contributed by atoms with van der Waals surface area (Å²) in [4.78, 5) is 29.1. The van der Waals surface area contributed by atoms with Crippen molar-refractivity contribution in [3.05, 3.63) is 65.0 Å². The quantitative estimate of drug-likeness (QED) is 0.551. The van der Waals surface area contributed by atoms with Crippen molar-refractivity contribution in [2.75, 3.05) is 6.54 Å². The van der Waals surface area contributed by atoms with E-state index in [1.807, 2.05) is 43.3 Å². The van der Waals surface area contributed by atoms with Crippen LogP contribution in [0.4, 0.5) is 9.59 Å². The molecule has 0 radical (unpaired) electrons. The predicted octanol–water partition coefficient (Wildman–Crippen LogP) is 4.43. The van der Waals surface area contributed by atoms with Gasteiger partial charge in [0.25, 0.3) is 0 Å². The third-order valence-electron chi connectivity index (χ3n) is 4.70. The lowest BCUT2D eigenvalue weighted by molar-refractivity contribution is 0.0378. The summed E-state index contributed by atoms with van der Waals surface area (Å²) in [5.41, 5.74) is 1.98. The van der Waals surface area contributed by atoms with Gasteiger partial charge in [-0.25, -0.2) is 9.59 Å². The summed E-state index contributed by atoms with van der Waals surface area (Å²) in [6, 6.07) is 11.0. The number of alkyl carbamates (subject to hydrolysis) is 2. The predicted molar refractivity (Wildman–Crippen MR) is 131 cm³/mol. The van der Waals surface area contributed by atoms with Crippen LogP contribution in [0.5, 0.6) is 0 Å². The Hall–Kier alpha value is -3.13. The molecule has 0 aliphatic heterocycles. The molecular weight excluding hydrogens is 434 g/mol. The molecule has 186 valence electrons. The van der Waals surface area contributed by atoms with Gasteiger partial charge in [0.15, 0.2) is 0 Å². The van der Waals surface area contributed by atoms with E-state index in [0.29, 0.717) is 12.0 Å². The summed E-state index contributed by atoms with van der Waals surface area (Å²) in [6.45, 7) is 12.3. The van der Waals surface area contributed by atoms with Gasteiger partial charge < -0.3 is 25.2 Å². The van der Waals surface area contributed by atoms with Crippen LogP contribution in [-0.2, 0) is 15.9 Å². The van der Waals surface area contributed by atoms with E-state index in [0.717, 1.165) is 16.8 Å². The first-order valence-electron chi connectivity index (χ1n) is 11.4. The highest BCUT2D eigenvalue weighted by molar-refractivity contribution is 5.69. The summed E-state index contributed by atoms with van der Waals surface area (Å²) >= 11 is 0. The third-order valence-corrected chi connectivity index (χ3v) is 4.70. The van der Waals surface area contributed by atoms with Crippen molar-refractivity contribution in [2.45, 2.75) is 78.2 Å². The first-order valence-corrected chi connectivity index (χ1v) is 11.4. The van der Waals surface area contributed by atoms with Crippen molar-refractivity contribution in [3.8, 4) is 0 Å². The number of nitrogens with one attached hydrogen (secondary N) is 2. The van der Waals surface area contributed by atoms with E-state index in [1.54, 1.807) is 47.7 Å². The number of hydrogen-bond acceptors (Lipinski definition) is 6. The molecule has 1 heterocycles. The molecule has 1 aromatic carbocycles. The SMILES string of the molecule is Cc1cc(Cc2ccccc2)ncc1C(O)C(CNC(=O)OC(C)(C)C)NC(=O)OC(C)(C)C. The molecule has 8 heteroatoms. The molecule has 0 saturated heterocycles. The summed E-state index contributed by atoms with van der Waals surface area (Å²) in [7, 11) is 0. The maximum Gasteiger partial charge on any atom is 0.408 e. The highest BCUT2D eigenvalue weighted by atomic mass is 16.6. The van der Waals surface area contributed by atoms with E-state index in [4.69, 9.17) is 9.47 Å². The number of amides is 2. The molecule has 2 unspecified atom stereocenters. The van der Waals surface area contributed by atoms with Gasteiger partial charge in [0, 0.05) is 30.4 Å². The van der Waals surface area contributed by atoms with Crippen LogP contribution in [0.15, 0.2) is 42.6 Å². The van der Waals surface area contributed by atoms with Gasteiger partial charge in [0.1, 0.15) is 17.3 Å². The van der Waals surface area contributed by atoms with E-state index in [9.17, 15) is 14.7 Å². The number of aryl methyl sites for hydroxylation is 1. The maximum absolute atomic E-state index is 12.4. The summed E-state index contributed by atoms with van der Waals surface area (Å²) in [6.07, 6.45) is -0.216. The number of benzene rings is 1. The highest BCUT2D eigenvalue weighted by Gasteiger charge is 2.28. The molecular formula is C26H37N3O5. The lowest BCUT2D eigenvalue weighted by Crippen LogP contribution is -2.49. The molecule has 0 fully saturated rings. The summed E-state index contributed by atoms with van der Waals surface area (Å²) in [5.74, 6) is 0. The zero-order valence-corrected chi connectivity index (χ0v) is 21.1. The molecule has 2 atom stereocenters. The number of rotatable bonds is 7. The van der Waals surface area contributed by atoms with Gasteiger partial charge in [0.2, 0.25) is 0 Å². The van der Waals surface area contributed by atoms with Crippen molar-refractivity contribution in [1.29, 1.82) is 0 Å². The first-order chi connectivity index (χ1) is 15.7. The molecule has 8 nitrogen and oxygen atoms in total. The van der Waals surface area contributed by atoms with Gasteiger partial charge in [-0.2, -0.15) is 0 Å². The van der Waals surface area contributed by atoms with Crippen LogP contribution in [0.3, 0.4) is 0 Å². The number of pyridine rings is 1. The Labute approximate surface area is 202 Å². The van der Waals surface area contributed by atoms with Gasteiger partial charge in [-0.15, -0.1) is 0 Å². The van der Waals surface area contributed by atoms with Crippen molar-refractivity contribution >= 4 is 12.2 Å². The van der Waals surface area contributed by atoms with Crippen LogP contribution in [0.2, 0.25) is 0 Å². The standard InChI is InChI=1S/C26H37N3O5/c1-17-13-19(14-18-11-9-8-10-12-18)27-15-20(17)22(30)21(29-24(32)34-26(5,6)7)16-28-23(31)33-25(2,3)4/h8-13,15,21-22,30H,14,16H2,1-7H3,(H,28,31)(H,29,32). The second-order valence-electron chi connectivity index (χ2n) is 10.3. The minimum Gasteiger partial charge on any atom is -0.444 e. The van der Waals surface area contributed by atoms with Gasteiger partial charge in [-0.3, -0.25) is 4.98 Å². The number of ether oxygens (including phenoxy) is 2. The Kier molecular flexibility index (Phi) is 9.04. The lowest BCUT2D eigenvalue weighted by Gasteiger charge is -2.28. The Bertz CT molecular complexity index is 965. The molecule has 1 aromatic heterocycles. The molecule has 0 aliphatic carbocycles. The van der Waals surface area contributed by atoms with Crippen molar-refractivity contribution in [1.82, 2.24) is 15.6 Å². The van der Waals surface area contributed by atoms with Crippen LogP contribution < -0.4 is 10.6 Å². The highest BCUT2D eigenvalue weighted by Crippen LogP contribution is 2.22. The maximum atomic E-state index is 12.4. The minimum absolute atomic E-state index is 0.0689. The molecule has 3 N–H and O–H groups in total. The smallest absolute Gasteiger partial charge is 0.408 e. The third kappa shape index (κ3) is 9.39. The number of aliphatic hydroxyl groups excluding tert-OH is 1. The molecule has 2 amide bonds. The number of aliphatic hydroxyl groups is 1. The Morgan fingerprint density at radius 1 is 1.00 bits per heavy atom. The fourth-order valence-electron chi connectivity index (χ4n) is 3.26. The first kappa shape index (κ1) is 27.1. The molecule has 0 bridgehead atoms. The molecule has 2 aromatic rings. The Morgan fingerprint density at radius 3 is 2.15 bits per heavy atom. The van der Waals surface area contributed by atoms with Gasteiger partial charge in [-0.1, -0.05) is 30.3 Å². The topological polar surface area (TPSA) is 110 Å². The van der Waals surface area contributed by atoms with E-state index in [1.165, 1.54) is 0 Å². The van der Waals surface area contributed by atoms with Crippen LogP contribution >= 0.6 is 0 Å². The number of carbonyl (C=O) groups is 2. The van der Waals surface area contributed by atoms with Gasteiger partial charge >= 0.3 is 12.2 Å². The zero-order valence-electron chi connectivity index (χ0n) is 21.1. The normalized spacial score (nSPS) is 13.5. The number of hydrogen-bond donors (Lipinski definition) is 3. The summed E-state index contributed by atoms with van der Waals surface area (Å²) < 4.78 is 10.6. The van der Waals surface area contributed by atoms with Crippen LogP contribution in [0.25, 0.3) is 0 Å². The molecule has 0 spiro atoms. The van der Waals surface area contributed by atoms with Crippen LogP contribution in [-0.4, -0.2) is 46.1 Å². The van der Waals surface area contributed by atoms with Crippen LogP contribution in [0.1, 0.15) is 70.0 Å². The average Bonchev–Trinajstić information content (AvgIpc) is 2.69. The van der Waals surface area contributed by atoms with E-state index >= 15 is 0 Å². The van der Waals surface area contributed by atoms with Gasteiger partial charge in [0.05, 0.1) is 6.04 Å². The van der Waals surface area contributed by atoms with Crippen molar-refractivity contribution in [3.63, 3.8) is 0 Å². The van der Waals surface area contributed by atoms with E-state index < -0.39 is 35.5 Å². The zero-order chi connectivity index (χ0) is 25.5. The number of nitrogens with zero attached hydrogens (tertiary/aromatic N) is 1. The second kappa shape index (κ2) is 11.3. The minimum atomic E-state index is -1.14. The largest absolute Gasteiger partial charge is 0.444 e. The Balaban J connectivity index is 2.18. The molecule has 0 aliphatic rings. The monoisotopic (exact) mass is 471 g/mol. The van der Waals surface area contributed by atoms with Gasteiger partial charge in [-0.05, 0) is 65.7 Å². The van der Waals surface area contributed by atoms with Crippen molar-refractivity contribution in [2.24, 2.45) is 0 Å². The Morgan fingerprint density at radius 2 is 1.59 bits per heavy atom. The number of aromatic nitrogens is 1. The fourth-order valence-corrected chi connectivity index (χ4v) is 3.26. The van der Waals surface area contributed by atoms with Crippen LogP contribution in [0, 0.1) is 6.92 Å². The van der Waals surface area contributed by atoms with Crippen molar-refractivity contribution < 1.29 is 24.2 Å². The second-order valence-corrected chi connectivity index (χ2v) is 10.3. The summed E-state index contributed by atoms with van der Waals surface area (Å²) in [5, 5.41) is 16.4. The fraction of sp³-hybridized carbons (Fsp3) is 0.500. The van der Waals surface area contributed by atoms with E-state index in [2.05, 4.69) is 15.6 Å². The average molecular weight is 472 g/mol.